The second-order valence-corrected chi connectivity index (χ2v) is 4.27. The lowest BCUT2D eigenvalue weighted by Crippen LogP contribution is -1.84. The molecule has 0 atom stereocenters. The zero-order valence-corrected chi connectivity index (χ0v) is 10.2. The average Bonchev–Trinajstić information content (AvgIpc) is 2.98. The molecular weight excluding hydrogens is 236 g/mol. The molecule has 1 N–H and O–H groups in total. The molecule has 3 rings (SSSR count). The van der Waals surface area contributed by atoms with E-state index in [9.17, 15) is 4.79 Å². The number of carbonyl (C=O) groups is 1. The van der Waals surface area contributed by atoms with Crippen LogP contribution in [0.1, 0.15) is 10.4 Å². The van der Waals surface area contributed by atoms with E-state index >= 15 is 0 Å². The Balaban J connectivity index is 2.12. The molecule has 0 saturated carbocycles. The summed E-state index contributed by atoms with van der Waals surface area (Å²) in [6, 6.07) is 17.5. The van der Waals surface area contributed by atoms with Crippen LogP contribution in [0.3, 0.4) is 0 Å². The summed E-state index contributed by atoms with van der Waals surface area (Å²) < 4.78 is 0. The summed E-state index contributed by atoms with van der Waals surface area (Å²) in [5, 5.41) is 7.14. The van der Waals surface area contributed by atoms with Gasteiger partial charge in [0.15, 0.2) is 0 Å². The molecule has 3 nitrogen and oxygen atoms in total. The first-order chi connectivity index (χ1) is 9.38. The third-order valence-corrected chi connectivity index (χ3v) is 3.04. The second kappa shape index (κ2) is 4.90. The van der Waals surface area contributed by atoms with Crippen molar-refractivity contribution in [2.24, 2.45) is 0 Å². The molecule has 0 unspecified atom stereocenters. The first-order valence-corrected chi connectivity index (χ1v) is 6.03. The van der Waals surface area contributed by atoms with Crippen molar-refractivity contribution in [1.82, 2.24) is 10.2 Å². The molecule has 0 spiro atoms. The molecule has 3 aromatic rings. The van der Waals surface area contributed by atoms with Gasteiger partial charge in [-0.1, -0.05) is 48.5 Å². The molecule has 0 bridgehead atoms. The van der Waals surface area contributed by atoms with Gasteiger partial charge >= 0.3 is 0 Å². The molecule has 0 aliphatic heterocycles. The van der Waals surface area contributed by atoms with Crippen LogP contribution in [0, 0.1) is 0 Å². The van der Waals surface area contributed by atoms with Crippen LogP contribution in [0.2, 0.25) is 0 Å². The molecule has 1 aromatic heterocycles. The fraction of sp³-hybridized carbons (Fsp3) is 0. The fourth-order valence-corrected chi connectivity index (χ4v) is 2.11. The van der Waals surface area contributed by atoms with Gasteiger partial charge < -0.3 is 0 Å². The summed E-state index contributed by atoms with van der Waals surface area (Å²) >= 11 is 0. The van der Waals surface area contributed by atoms with Crippen molar-refractivity contribution in [1.29, 1.82) is 0 Å². The highest BCUT2D eigenvalue weighted by molar-refractivity contribution is 5.84. The summed E-state index contributed by atoms with van der Waals surface area (Å²) in [7, 11) is 0. The van der Waals surface area contributed by atoms with Crippen LogP contribution in [0.15, 0.2) is 60.8 Å². The maximum Gasteiger partial charge on any atom is 0.150 e. The number of nitrogens with one attached hydrogen (secondary N) is 1. The number of aldehydes is 1. The van der Waals surface area contributed by atoms with Gasteiger partial charge in [0, 0.05) is 16.7 Å². The molecule has 1 heterocycles. The van der Waals surface area contributed by atoms with Crippen LogP contribution in [0.25, 0.3) is 22.4 Å². The van der Waals surface area contributed by atoms with E-state index in [1.165, 1.54) is 0 Å². The third kappa shape index (κ3) is 2.18. The lowest BCUT2D eigenvalue weighted by atomic mass is 10.0. The molecule has 19 heavy (non-hydrogen) atoms. The Morgan fingerprint density at radius 3 is 2.53 bits per heavy atom. The molecular formula is C16H12N2O. The van der Waals surface area contributed by atoms with E-state index in [1.54, 1.807) is 12.3 Å². The Morgan fingerprint density at radius 2 is 1.74 bits per heavy atom. The predicted octanol–water partition coefficient (Wildman–Crippen LogP) is 3.56. The first kappa shape index (κ1) is 11.4. The van der Waals surface area contributed by atoms with Gasteiger partial charge in [-0.3, -0.25) is 9.89 Å². The van der Waals surface area contributed by atoms with Gasteiger partial charge in [-0.05, 0) is 11.6 Å². The normalized spacial score (nSPS) is 10.3. The van der Waals surface area contributed by atoms with E-state index < -0.39 is 0 Å². The summed E-state index contributed by atoms with van der Waals surface area (Å²) in [6.07, 6.45) is 2.64. The highest BCUT2D eigenvalue weighted by Crippen LogP contribution is 2.30. The van der Waals surface area contributed by atoms with Crippen molar-refractivity contribution in [2.45, 2.75) is 0 Å². The van der Waals surface area contributed by atoms with E-state index in [-0.39, 0.29) is 0 Å². The molecule has 0 aliphatic carbocycles. The summed E-state index contributed by atoms with van der Waals surface area (Å²) in [5.41, 5.74) is 4.68. The minimum Gasteiger partial charge on any atom is -0.298 e. The predicted molar refractivity (Wildman–Crippen MR) is 74.8 cm³/mol. The van der Waals surface area contributed by atoms with Crippen LogP contribution in [0.4, 0.5) is 0 Å². The summed E-state index contributed by atoms with van der Waals surface area (Å²) in [4.78, 5) is 10.9. The maximum atomic E-state index is 10.9. The summed E-state index contributed by atoms with van der Waals surface area (Å²) in [5.74, 6) is 0. The molecule has 2 aromatic carbocycles. The maximum absolute atomic E-state index is 10.9. The molecule has 0 fully saturated rings. The van der Waals surface area contributed by atoms with E-state index in [4.69, 9.17) is 0 Å². The topological polar surface area (TPSA) is 45.8 Å². The number of hydrogen-bond acceptors (Lipinski definition) is 2. The molecule has 0 amide bonds. The molecule has 0 radical (unpaired) electrons. The van der Waals surface area contributed by atoms with Crippen molar-refractivity contribution < 1.29 is 4.79 Å². The van der Waals surface area contributed by atoms with Crippen LogP contribution in [-0.2, 0) is 0 Å². The minimum absolute atomic E-state index is 0.665. The smallest absolute Gasteiger partial charge is 0.150 e. The van der Waals surface area contributed by atoms with Gasteiger partial charge in [-0.15, -0.1) is 0 Å². The van der Waals surface area contributed by atoms with Crippen molar-refractivity contribution in [3.05, 3.63) is 66.4 Å². The zero-order chi connectivity index (χ0) is 13.1. The Bertz CT molecular complexity index is 702. The van der Waals surface area contributed by atoms with Crippen molar-refractivity contribution in [2.75, 3.05) is 0 Å². The van der Waals surface area contributed by atoms with Crippen molar-refractivity contribution in [3.63, 3.8) is 0 Å². The van der Waals surface area contributed by atoms with Crippen LogP contribution in [-0.4, -0.2) is 16.5 Å². The van der Waals surface area contributed by atoms with Gasteiger partial charge in [0.2, 0.25) is 0 Å². The largest absolute Gasteiger partial charge is 0.298 e. The van der Waals surface area contributed by atoms with Gasteiger partial charge in [-0.2, -0.15) is 5.10 Å². The summed E-state index contributed by atoms with van der Waals surface area (Å²) in [6.45, 7) is 0. The number of nitrogens with zero attached hydrogens (tertiary/aromatic N) is 1. The highest BCUT2D eigenvalue weighted by Gasteiger charge is 2.09. The number of benzene rings is 2. The second-order valence-electron chi connectivity index (χ2n) is 4.27. The third-order valence-electron chi connectivity index (χ3n) is 3.04. The highest BCUT2D eigenvalue weighted by atomic mass is 16.1. The number of hydrogen-bond donors (Lipinski definition) is 1. The molecule has 92 valence electrons. The lowest BCUT2D eigenvalue weighted by molar-refractivity contribution is 0.112. The van der Waals surface area contributed by atoms with Gasteiger partial charge in [-0.25, -0.2) is 0 Å². The van der Waals surface area contributed by atoms with Crippen LogP contribution >= 0.6 is 0 Å². The SMILES string of the molecule is O=Cc1cccc(-c2cn[nH]c2-c2ccccc2)c1. The quantitative estimate of drug-likeness (QED) is 0.720. The van der Waals surface area contributed by atoms with E-state index in [1.807, 2.05) is 48.5 Å². The monoisotopic (exact) mass is 248 g/mol. The van der Waals surface area contributed by atoms with Gasteiger partial charge in [0.05, 0.1) is 11.9 Å². The molecule has 0 saturated heterocycles. The fourth-order valence-electron chi connectivity index (χ4n) is 2.11. The molecule has 3 heteroatoms. The zero-order valence-electron chi connectivity index (χ0n) is 10.2. The van der Waals surface area contributed by atoms with Crippen LogP contribution in [0.5, 0.6) is 0 Å². The Morgan fingerprint density at radius 1 is 0.947 bits per heavy atom. The van der Waals surface area contributed by atoms with Crippen molar-refractivity contribution >= 4 is 6.29 Å². The average molecular weight is 248 g/mol. The van der Waals surface area contributed by atoms with Gasteiger partial charge in [0.1, 0.15) is 6.29 Å². The van der Waals surface area contributed by atoms with E-state index in [2.05, 4.69) is 10.2 Å². The minimum atomic E-state index is 0.665. The number of aromatic amines is 1. The van der Waals surface area contributed by atoms with Crippen LogP contribution < -0.4 is 0 Å². The van der Waals surface area contributed by atoms with Gasteiger partial charge in [0.25, 0.3) is 0 Å². The molecule has 0 aliphatic rings. The van der Waals surface area contributed by atoms with E-state index in [0.717, 1.165) is 28.7 Å². The van der Waals surface area contributed by atoms with E-state index in [0.29, 0.717) is 5.56 Å². The number of aromatic nitrogens is 2. The lowest BCUT2D eigenvalue weighted by Gasteiger charge is -2.04. The Hall–Kier alpha value is -2.68. The Labute approximate surface area is 110 Å². The first-order valence-electron chi connectivity index (χ1n) is 6.03. The Kier molecular flexibility index (Phi) is 2.94. The standard InChI is InChI=1S/C16H12N2O/c19-11-12-5-4-8-14(9-12)15-10-17-18-16(15)13-6-2-1-3-7-13/h1-11H,(H,17,18). The van der Waals surface area contributed by atoms with Crippen molar-refractivity contribution in [3.8, 4) is 22.4 Å². The number of H-pyrrole nitrogens is 1. The number of rotatable bonds is 3. The number of carbonyl (C=O) groups excluding carboxylic acids is 1.